The Morgan fingerprint density at radius 1 is 1.29 bits per heavy atom. The molecule has 1 aliphatic carbocycles. The standard InChI is InChI=1S/C18H30N2O/c1-13(2)18(12-20(3)4)19-16-8-6-14-7-9-17(21-5)11-15(14)10-16/h7,9,11,13,16,18-19H,6,8,10,12H2,1-5H3. The van der Waals surface area contributed by atoms with Gasteiger partial charge in [0.1, 0.15) is 5.75 Å². The largest absolute Gasteiger partial charge is 0.497 e. The van der Waals surface area contributed by atoms with Gasteiger partial charge in [0.15, 0.2) is 0 Å². The lowest BCUT2D eigenvalue weighted by Gasteiger charge is -2.33. The summed E-state index contributed by atoms with van der Waals surface area (Å²) in [6.45, 7) is 5.71. The predicted molar refractivity (Wildman–Crippen MR) is 89.1 cm³/mol. The van der Waals surface area contributed by atoms with Crippen molar-refractivity contribution >= 4 is 0 Å². The Morgan fingerprint density at radius 3 is 2.67 bits per heavy atom. The third-order valence-corrected chi connectivity index (χ3v) is 4.46. The highest BCUT2D eigenvalue weighted by atomic mass is 16.5. The third kappa shape index (κ3) is 4.45. The molecule has 0 aromatic heterocycles. The molecule has 1 N–H and O–H groups in total. The number of hydrogen-bond donors (Lipinski definition) is 1. The topological polar surface area (TPSA) is 24.5 Å². The summed E-state index contributed by atoms with van der Waals surface area (Å²) in [5.74, 6) is 1.63. The Balaban J connectivity index is 2.02. The van der Waals surface area contributed by atoms with E-state index in [9.17, 15) is 0 Å². The lowest BCUT2D eigenvalue weighted by Crippen LogP contribution is -2.48. The minimum Gasteiger partial charge on any atom is -0.497 e. The molecule has 2 unspecified atom stereocenters. The van der Waals surface area contributed by atoms with E-state index in [-0.39, 0.29) is 0 Å². The fourth-order valence-electron chi connectivity index (χ4n) is 3.15. The highest BCUT2D eigenvalue weighted by Gasteiger charge is 2.23. The zero-order valence-corrected chi connectivity index (χ0v) is 14.1. The molecule has 0 amide bonds. The maximum atomic E-state index is 5.36. The van der Waals surface area contributed by atoms with E-state index in [0.29, 0.717) is 18.0 Å². The first-order valence-electron chi connectivity index (χ1n) is 8.06. The lowest BCUT2D eigenvalue weighted by molar-refractivity contribution is 0.260. The molecule has 0 saturated heterocycles. The molecule has 2 rings (SSSR count). The summed E-state index contributed by atoms with van der Waals surface area (Å²) in [6.07, 6.45) is 3.52. The van der Waals surface area contributed by atoms with Gasteiger partial charge in [0, 0.05) is 18.6 Å². The van der Waals surface area contributed by atoms with Gasteiger partial charge in [-0.25, -0.2) is 0 Å². The average Bonchev–Trinajstić information content (AvgIpc) is 2.45. The summed E-state index contributed by atoms with van der Waals surface area (Å²) < 4.78 is 5.36. The van der Waals surface area contributed by atoms with Gasteiger partial charge in [0.05, 0.1) is 7.11 Å². The molecule has 1 aliphatic rings. The monoisotopic (exact) mass is 290 g/mol. The Bertz CT molecular complexity index is 457. The quantitative estimate of drug-likeness (QED) is 0.872. The van der Waals surface area contributed by atoms with Crippen LogP contribution < -0.4 is 10.1 Å². The number of ether oxygens (including phenoxy) is 1. The average molecular weight is 290 g/mol. The summed E-state index contributed by atoms with van der Waals surface area (Å²) in [5.41, 5.74) is 2.94. The lowest BCUT2D eigenvalue weighted by atomic mass is 9.87. The van der Waals surface area contributed by atoms with E-state index in [1.165, 1.54) is 24.0 Å². The van der Waals surface area contributed by atoms with Crippen molar-refractivity contribution in [2.45, 2.75) is 45.2 Å². The second-order valence-corrected chi connectivity index (χ2v) is 6.85. The van der Waals surface area contributed by atoms with Crippen LogP contribution in [0, 0.1) is 5.92 Å². The Hall–Kier alpha value is -1.06. The summed E-state index contributed by atoms with van der Waals surface area (Å²) in [6, 6.07) is 7.65. The van der Waals surface area contributed by atoms with Crippen molar-refractivity contribution in [1.29, 1.82) is 0 Å². The van der Waals surface area contributed by atoms with Crippen molar-refractivity contribution < 1.29 is 4.74 Å². The molecule has 0 bridgehead atoms. The first kappa shape index (κ1) is 16.3. The van der Waals surface area contributed by atoms with E-state index in [1.54, 1.807) is 7.11 Å². The highest BCUT2D eigenvalue weighted by molar-refractivity contribution is 5.37. The molecule has 118 valence electrons. The van der Waals surface area contributed by atoms with Crippen molar-refractivity contribution in [2.75, 3.05) is 27.7 Å². The predicted octanol–water partition coefficient (Wildman–Crippen LogP) is 2.73. The number of methoxy groups -OCH3 is 1. The third-order valence-electron chi connectivity index (χ3n) is 4.46. The van der Waals surface area contributed by atoms with Gasteiger partial charge in [0.25, 0.3) is 0 Å². The maximum absolute atomic E-state index is 5.36. The first-order chi connectivity index (χ1) is 9.99. The van der Waals surface area contributed by atoms with E-state index >= 15 is 0 Å². The van der Waals surface area contributed by atoms with Gasteiger partial charge in [-0.15, -0.1) is 0 Å². The summed E-state index contributed by atoms with van der Waals surface area (Å²) >= 11 is 0. The van der Waals surface area contributed by atoms with Crippen LogP contribution in [0.15, 0.2) is 18.2 Å². The minimum absolute atomic E-state index is 0.553. The van der Waals surface area contributed by atoms with Crippen molar-refractivity contribution in [2.24, 2.45) is 5.92 Å². The van der Waals surface area contributed by atoms with E-state index in [0.717, 1.165) is 18.7 Å². The van der Waals surface area contributed by atoms with Crippen LogP contribution in [0.4, 0.5) is 0 Å². The van der Waals surface area contributed by atoms with Gasteiger partial charge in [-0.05, 0) is 62.5 Å². The van der Waals surface area contributed by atoms with Crippen molar-refractivity contribution in [3.8, 4) is 5.75 Å². The second-order valence-electron chi connectivity index (χ2n) is 6.85. The molecule has 3 nitrogen and oxygen atoms in total. The van der Waals surface area contributed by atoms with Gasteiger partial charge >= 0.3 is 0 Å². The zero-order valence-electron chi connectivity index (χ0n) is 14.1. The molecular weight excluding hydrogens is 260 g/mol. The Labute approximate surface area is 129 Å². The van der Waals surface area contributed by atoms with Gasteiger partial charge < -0.3 is 15.0 Å². The van der Waals surface area contributed by atoms with Gasteiger partial charge in [-0.1, -0.05) is 19.9 Å². The molecule has 21 heavy (non-hydrogen) atoms. The molecule has 0 saturated carbocycles. The number of nitrogens with one attached hydrogen (secondary N) is 1. The second kappa shape index (κ2) is 7.28. The number of nitrogens with zero attached hydrogens (tertiary/aromatic N) is 1. The molecule has 3 heteroatoms. The molecule has 0 fully saturated rings. The van der Waals surface area contributed by atoms with Crippen LogP contribution in [0.3, 0.4) is 0 Å². The fraction of sp³-hybridized carbons (Fsp3) is 0.667. The first-order valence-corrected chi connectivity index (χ1v) is 8.06. The Kier molecular flexibility index (Phi) is 5.65. The number of hydrogen-bond acceptors (Lipinski definition) is 3. The van der Waals surface area contributed by atoms with Crippen molar-refractivity contribution in [1.82, 2.24) is 10.2 Å². The van der Waals surface area contributed by atoms with Gasteiger partial charge in [-0.3, -0.25) is 0 Å². The van der Waals surface area contributed by atoms with Crippen LogP contribution in [0.5, 0.6) is 5.75 Å². The maximum Gasteiger partial charge on any atom is 0.119 e. The van der Waals surface area contributed by atoms with Crippen LogP contribution in [0.1, 0.15) is 31.4 Å². The van der Waals surface area contributed by atoms with Gasteiger partial charge in [-0.2, -0.15) is 0 Å². The van der Waals surface area contributed by atoms with Crippen molar-refractivity contribution in [3.63, 3.8) is 0 Å². The summed E-state index contributed by atoms with van der Waals surface area (Å²) in [5, 5.41) is 3.88. The van der Waals surface area contributed by atoms with E-state index in [4.69, 9.17) is 4.74 Å². The molecule has 2 atom stereocenters. The van der Waals surface area contributed by atoms with Crippen LogP contribution >= 0.6 is 0 Å². The smallest absolute Gasteiger partial charge is 0.119 e. The van der Waals surface area contributed by atoms with Crippen LogP contribution in [0.25, 0.3) is 0 Å². The van der Waals surface area contributed by atoms with E-state index < -0.39 is 0 Å². The van der Waals surface area contributed by atoms with E-state index in [2.05, 4.69) is 56.4 Å². The molecule has 0 spiro atoms. The molecule has 0 heterocycles. The SMILES string of the molecule is COc1ccc2c(c1)CC(NC(CN(C)C)C(C)C)CC2. The van der Waals surface area contributed by atoms with Gasteiger partial charge in [0.2, 0.25) is 0 Å². The number of benzene rings is 1. The summed E-state index contributed by atoms with van der Waals surface area (Å²) in [4.78, 5) is 2.28. The molecule has 1 aromatic rings. The molecule has 0 radical (unpaired) electrons. The molecule has 0 aliphatic heterocycles. The number of aryl methyl sites for hydroxylation is 1. The Morgan fingerprint density at radius 2 is 2.05 bits per heavy atom. The number of rotatable bonds is 6. The number of likely N-dealkylation sites (N-methyl/N-ethyl adjacent to an activating group) is 1. The molecule has 1 aromatic carbocycles. The molecular formula is C18H30N2O. The van der Waals surface area contributed by atoms with Crippen molar-refractivity contribution in [3.05, 3.63) is 29.3 Å². The van der Waals surface area contributed by atoms with Crippen LogP contribution in [-0.4, -0.2) is 44.7 Å². The highest BCUT2D eigenvalue weighted by Crippen LogP contribution is 2.26. The number of fused-ring (bicyclic) bond motifs is 1. The summed E-state index contributed by atoms with van der Waals surface area (Å²) in [7, 11) is 6.04. The fourth-order valence-corrected chi connectivity index (χ4v) is 3.15. The van der Waals surface area contributed by atoms with Crippen LogP contribution in [0.2, 0.25) is 0 Å². The minimum atomic E-state index is 0.553. The van der Waals surface area contributed by atoms with E-state index in [1.807, 2.05) is 0 Å². The zero-order chi connectivity index (χ0) is 15.4. The van der Waals surface area contributed by atoms with Crippen LogP contribution in [-0.2, 0) is 12.8 Å². The normalized spacial score (nSPS) is 19.7.